The molecule has 16 heavy (non-hydrogen) atoms. The van der Waals surface area contributed by atoms with Crippen LogP contribution in [0.15, 0.2) is 9.59 Å². The molecule has 0 aliphatic carbocycles. The topological polar surface area (TPSA) is 84.3 Å². The maximum atomic E-state index is 11.4. The molecule has 0 atom stereocenters. The third kappa shape index (κ3) is 2.73. The Balaban J connectivity index is 2.84. The van der Waals surface area contributed by atoms with Crippen LogP contribution in [0, 0.1) is 6.92 Å². The molecule has 0 aromatic carbocycles. The minimum absolute atomic E-state index is 0.159. The molecule has 0 spiro atoms. The van der Waals surface area contributed by atoms with E-state index in [2.05, 4.69) is 4.98 Å². The summed E-state index contributed by atoms with van der Waals surface area (Å²) in [5, 5.41) is 9.63. The van der Waals surface area contributed by atoms with Gasteiger partial charge in [-0.05, 0) is 19.8 Å². The molecule has 6 heteroatoms. The molecule has 1 heterocycles. The van der Waals surface area contributed by atoms with Crippen molar-refractivity contribution >= 4 is 0 Å². The number of aromatic hydroxyl groups is 1. The second-order valence-electron chi connectivity index (χ2n) is 3.56. The van der Waals surface area contributed by atoms with Crippen molar-refractivity contribution in [3.63, 3.8) is 0 Å². The number of aromatic amines is 1. The zero-order valence-electron chi connectivity index (χ0n) is 9.45. The summed E-state index contributed by atoms with van der Waals surface area (Å²) < 4.78 is 6.03. The standard InChI is InChI=1S/C10H16N2O4/c1-7-8(13)11-10(15)12(9(7)14)5-3-4-6-16-2/h14H,3-6H2,1-2H3,(H,11,13,15). The lowest BCUT2D eigenvalue weighted by Gasteiger charge is -2.08. The number of H-pyrrole nitrogens is 1. The van der Waals surface area contributed by atoms with Crippen LogP contribution in [0.3, 0.4) is 0 Å². The fourth-order valence-corrected chi connectivity index (χ4v) is 1.38. The summed E-state index contributed by atoms with van der Waals surface area (Å²) in [5.41, 5.74) is -0.965. The fourth-order valence-electron chi connectivity index (χ4n) is 1.38. The number of rotatable bonds is 5. The first-order valence-electron chi connectivity index (χ1n) is 5.09. The van der Waals surface area contributed by atoms with Gasteiger partial charge < -0.3 is 9.84 Å². The Morgan fingerprint density at radius 2 is 2.06 bits per heavy atom. The third-order valence-corrected chi connectivity index (χ3v) is 2.38. The van der Waals surface area contributed by atoms with Gasteiger partial charge in [-0.2, -0.15) is 0 Å². The summed E-state index contributed by atoms with van der Waals surface area (Å²) in [5.74, 6) is -0.258. The highest BCUT2D eigenvalue weighted by molar-refractivity contribution is 5.20. The summed E-state index contributed by atoms with van der Waals surface area (Å²) in [6, 6.07) is 0. The van der Waals surface area contributed by atoms with Crippen molar-refractivity contribution in [2.45, 2.75) is 26.3 Å². The quantitative estimate of drug-likeness (QED) is 0.693. The van der Waals surface area contributed by atoms with E-state index in [-0.39, 0.29) is 11.4 Å². The molecule has 1 rings (SSSR count). The Morgan fingerprint density at radius 1 is 1.38 bits per heavy atom. The molecule has 0 saturated carbocycles. The summed E-state index contributed by atoms with van der Waals surface area (Å²) >= 11 is 0. The highest BCUT2D eigenvalue weighted by Gasteiger charge is 2.09. The Morgan fingerprint density at radius 3 is 2.69 bits per heavy atom. The number of hydrogen-bond donors (Lipinski definition) is 2. The molecule has 1 aromatic heterocycles. The molecule has 2 N–H and O–H groups in total. The van der Waals surface area contributed by atoms with Gasteiger partial charge >= 0.3 is 5.69 Å². The highest BCUT2D eigenvalue weighted by atomic mass is 16.5. The second-order valence-corrected chi connectivity index (χ2v) is 3.56. The lowest BCUT2D eigenvalue weighted by Crippen LogP contribution is -2.31. The molecule has 0 bridgehead atoms. The van der Waals surface area contributed by atoms with E-state index in [4.69, 9.17) is 4.74 Å². The van der Waals surface area contributed by atoms with Crippen molar-refractivity contribution in [1.82, 2.24) is 9.55 Å². The summed E-state index contributed by atoms with van der Waals surface area (Å²) in [6.45, 7) is 2.45. The molecule has 0 unspecified atom stereocenters. The summed E-state index contributed by atoms with van der Waals surface area (Å²) in [6.07, 6.45) is 1.49. The van der Waals surface area contributed by atoms with Crippen LogP contribution in [0.2, 0.25) is 0 Å². The van der Waals surface area contributed by atoms with E-state index in [0.717, 1.165) is 11.0 Å². The van der Waals surface area contributed by atoms with Crippen LogP contribution in [0.25, 0.3) is 0 Å². The van der Waals surface area contributed by atoms with E-state index in [1.165, 1.54) is 6.92 Å². The maximum absolute atomic E-state index is 11.4. The molecule has 1 aromatic rings. The van der Waals surface area contributed by atoms with Crippen LogP contribution in [-0.4, -0.2) is 28.4 Å². The molecule has 0 radical (unpaired) electrons. The molecule has 0 saturated heterocycles. The van der Waals surface area contributed by atoms with Crippen molar-refractivity contribution in [3.8, 4) is 5.88 Å². The average Bonchev–Trinajstić information content (AvgIpc) is 2.25. The van der Waals surface area contributed by atoms with E-state index in [0.29, 0.717) is 19.6 Å². The molecule has 0 amide bonds. The normalized spacial score (nSPS) is 10.6. The first-order chi connectivity index (χ1) is 7.57. The molecule has 0 fully saturated rings. The molecule has 90 valence electrons. The number of aromatic nitrogens is 2. The number of nitrogens with zero attached hydrogens (tertiary/aromatic N) is 1. The smallest absolute Gasteiger partial charge is 0.331 e. The van der Waals surface area contributed by atoms with Crippen molar-refractivity contribution in [2.24, 2.45) is 0 Å². The van der Waals surface area contributed by atoms with Crippen LogP contribution in [0.1, 0.15) is 18.4 Å². The zero-order chi connectivity index (χ0) is 12.1. The predicted molar refractivity (Wildman–Crippen MR) is 58.8 cm³/mol. The fraction of sp³-hybridized carbons (Fsp3) is 0.600. The predicted octanol–water partition coefficient (Wildman–Crippen LogP) is -0.0228. The molecule has 0 aliphatic rings. The van der Waals surface area contributed by atoms with Crippen LogP contribution >= 0.6 is 0 Å². The van der Waals surface area contributed by atoms with Crippen molar-refractivity contribution in [1.29, 1.82) is 0 Å². The van der Waals surface area contributed by atoms with E-state index >= 15 is 0 Å². The van der Waals surface area contributed by atoms with Gasteiger partial charge in [0.2, 0.25) is 5.88 Å². The first-order valence-corrected chi connectivity index (χ1v) is 5.09. The number of ether oxygens (including phenoxy) is 1. The number of unbranched alkanes of at least 4 members (excludes halogenated alkanes) is 1. The number of hydrogen-bond acceptors (Lipinski definition) is 4. The van der Waals surface area contributed by atoms with E-state index in [1.807, 2.05) is 0 Å². The Hall–Kier alpha value is -1.56. The van der Waals surface area contributed by atoms with Crippen molar-refractivity contribution < 1.29 is 9.84 Å². The van der Waals surface area contributed by atoms with E-state index in [9.17, 15) is 14.7 Å². The maximum Gasteiger partial charge on any atom is 0.331 e. The van der Waals surface area contributed by atoms with Crippen molar-refractivity contribution in [2.75, 3.05) is 13.7 Å². The zero-order valence-corrected chi connectivity index (χ0v) is 9.45. The van der Waals surface area contributed by atoms with Gasteiger partial charge in [0.1, 0.15) is 0 Å². The van der Waals surface area contributed by atoms with Crippen LogP contribution in [-0.2, 0) is 11.3 Å². The summed E-state index contributed by atoms with van der Waals surface area (Å²) in [7, 11) is 1.60. The average molecular weight is 228 g/mol. The monoisotopic (exact) mass is 228 g/mol. The lowest BCUT2D eigenvalue weighted by molar-refractivity contribution is 0.190. The highest BCUT2D eigenvalue weighted by Crippen LogP contribution is 2.08. The summed E-state index contributed by atoms with van der Waals surface area (Å²) in [4.78, 5) is 24.7. The Bertz CT molecular complexity index is 461. The van der Waals surface area contributed by atoms with Crippen LogP contribution in [0.5, 0.6) is 5.88 Å². The van der Waals surface area contributed by atoms with Gasteiger partial charge in [-0.15, -0.1) is 0 Å². The van der Waals surface area contributed by atoms with Gasteiger partial charge in [0, 0.05) is 20.3 Å². The van der Waals surface area contributed by atoms with Gasteiger partial charge in [-0.1, -0.05) is 0 Å². The minimum atomic E-state index is -0.578. The molecule has 0 aliphatic heterocycles. The van der Waals surface area contributed by atoms with Gasteiger partial charge in [0.25, 0.3) is 5.56 Å². The largest absolute Gasteiger partial charge is 0.494 e. The van der Waals surface area contributed by atoms with E-state index < -0.39 is 11.2 Å². The van der Waals surface area contributed by atoms with Gasteiger partial charge in [0.15, 0.2) is 0 Å². The number of methoxy groups -OCH3 is 1. The van der Waals surface area contributed by atoms with E-state index in [1.54, 1.807) is 7.11 Å². The van der Waals surface area contributed by atoms with Gasteiger partial charge in [-0.3, -0.25) is 14.3 Å². The minimum Gasteiger partial charge on any atom is -0.494 e. The number of nitrogens with one attached hydrogen (secondary N) is 1. The van der Waals surface area contributed by atoms with Gasteiger partial charge in [-0.25, -0.2) is 4.79 Å². The van der Waals surface area contributed by atoms with Crippen LogP contribution < -0.4 is 11.2 Å². The van der Waals surface area contributed by atoms with Crippen molar-refractivity contribution in [3.05, 3.63) is 26.4 Å². The Labute approximate surface area is 92.5 Å². The molecule has 6 nitrogen and oxygen atoms in total. The van der Waals surface area contributed by atoms with Gasteiger partial charge in [0.05, 0.1) is 5.56 Å². The molecular weight excluding hydrogens is 212 g/mol. The third-order valence-electron chi connectivity index (χ3n) is 2.38. The second kappa shape index (κ2) is 5.50. The first kappa shape index (κ1) is 12.5. The van der Waals surface area contributed by atoms with Crippen LogP contribution in [0.4, 0.5) is 0 Å². The lowest BCUT2D eigenvalue weighted by atomic mass is 10.3. The Kier molecular flexibility index (Phi) is 4.30. The SMILES string of the molecule is COCCCCn1c(O)c(C)c(=O)[nH]c1=O. The molecular formula is C10H16N2O4.